The van der Waals surface area contributed by atoms with Gasteiger partial charge in [0, 0.05) is 10.7 Å². The van der Waals surface area contributed by atoms with Gasteiger partial charge in [-0.15, -0.1) is 0 Å². The predicted molar refractivity (Wildman–Crippen MR) is 93.4 cm³/mol. The second-order valence-electron chi connectivity index (χ2n) is 5.30. The summed E-state index contributed by atoms with van der Waals surface area (Å²) < 4.78 is 37.6. The molecule has 6 nitrogen and oxygen atoms in total. The van der Waals surface area contributed by atoms with Gasteiger partial charge in [0.05, 0.1) is 11.9 Å². The van der Waals surface area contributed by atoms with Gasteiger partial charge in [-0.1, -0.05) is 15.9 Å². The number of rotatable bonds is 7. The Bertz CT molecular complexity index is 878. The third-order valence-electron chi connectivity index (χ3n) is 3.30. The van der Waals surface area contributed by atoms with Crippen LogP contribution in [-0.2, 0) is 13.2 Å². The van der Waals surface area contributed by atoms with Crippen molar-refractivity contribution < 1.29 is 22.7 Å². The van der Waals surface area contributed by atoms with Gasteiger partial charge in [0.2, 0.25) is 0 Å². The lowest BCUT2D eigenvalue weighted by Crippen LogP contribution is -2.10. The first kappa shape index (κ1) is 18.1. The van der Waals surface area contributed by atoms with Crippen molar-refractivity contribution in [2.45, 2.75) is 19.6 Å². The van der Waals surface area contributed by atoms with Crippen LogP contribution in [0.2, 0.25) is 0 Å². The second kappa shape index (κ2) is 8.13. The first-order valence-electron chi connectivity index (χ1n) is 7.58. The summed E-state index contributed by atoms with van der Waals surface area (Å²) in [6, 6.07) is 10.5. The van der Waals surface area contributed by atoms with Gasteiger partial charge in [0.25, 0.3) is 12.3 Å². The molecule has 1 aromatic carbocycles. The molecule has 3 rings (SSSR count). The van der Waals surface area contributed by atoms with Crippen molar-refractivity contribution in [2.24, 2.45) is 0 Å². The summed E-state index contributed by atoms with van der Waals surface area (Å²) >= 11 is 3.34. The monoisotopic (exact) mass is 425 g/mol. The number of carbonyl (C=O) groups is 1. The lowest BCUT2D eigenvalue weighted by molar-refractivity contribution is 0.0992. The van der Waals surface area contributed by atoms with Gasteiger partial charge in [-0.05, 0) is 36.4 Å². The van der Waals surface area contributed by atoms with E-state index < -0.39 is 18.9 Å². The molecular formula is C17H14BrF2N3O3. The fourth-order valence-electron chi connectivity index (χ4n) is 2.12. The van der Waals surface area contributed by atoms with Gasteiger partial charge >= 0.3 is 0 Å². The van der Waals surface area contributed by atoms with Crippen molar-refractivity contribution in [1.82, 2.24) is 9.78 Å². The van der Waals surface area contributed by atoms with Gasteiger partial charge in [-0.25, -0.2) is 8.78 Å². The second-order valence-corrected chi connectivity index (χ2v) is 6.22. The SMILES string of the molecule is O=C(Nc1cnn(CC(F)F)c1)c1ccc(COc2ccc(Br)cc2)o1. The molecular weight excluding hydrogens is 412 g/mol. The van der Waals surface area contributed by atoms with Crippen LogP contribution in [0, 0.1) is 0 Å². The van der Waals surface area contributed by atoms with Gasteiger partial charge < -0.3 is 14.5 Å². The third kappa shape index (κ3) is 4.92. The van der Waals surface area contributed by atoms with Crippen molar-refractivity contribution in [3.8, 4) is 5.75 Å². The third-order valence-corrected chi connectivity index (χ3v) is 3.83. The number of amides is 1. The number of halogens is 3. The molecule has 1 amide bonds. The van der Waals surface area contributed by atoms with Crippen LogP contribution >= 0.6 is 15.9 Å². The van der Waals surface area contributed by atoms with Crippen LogP contribution in [0.5, 0.6) is 5.75 Å². The molecule has 0 spiro atoms. The summed E-state index contributed by atoms with van der Waals surface area (Å²) in [6.45, 7) is -0.366. The average Bonchev–Trinajstić information content (AvgIpc) is 3.23. The zero-order valence-corrected chi connectivity index (χ0v) is 14.9. The Labute approximate surface area is 155 Å². The highest BCUT2D eigenvalue weighted by Gasteiger charge is 2.13. The smallest absolute Gasteiger partial charge is 0.291 e. The molecule has 26 heavy (non-hydrogen) atoms. The van der Waals surface area contributed by atoms with E-state index in [0.717, 1.165) is 9.15 Å². The standard InChI is InChI=1S/C17H14BrF2N3O3/c18-11-1-3-13(4-2-11)25-10-14-5-6-15(26-14)17(24)22-12-7-21-23(8-12)9-16(19)20/h1-8,16H,9-10H2,(H,22,24). The number of furan rings is 1. The lowest BCUT2D eigenvalue weighted by atomic mass is 10.3. The van der Waals surface area contributed by atoms with E-state index in [2.05, 4.69) is 26.3 Å². The molecule has 2 heterocycles. The van der Waals surface area contributed by atoms with Crippen LogP contribution in [0.4, 0.5) is 14.5 Å². The quantitative estimate of drug-likeness (QED) is 0.611. The molecule has 136 valence electrons. The topological polar surface area (TPSA) is 69.3 Å². The Morgan fingerprint density at radius 1 is 1.27 bits per heavy atom. The summed E-state index contributed by atoms with van der Waals surface area (Å²) in [6.07, 6.45) is 0.0996. The number of benzene rings is 1. The van der Waals surface area contributed by atoms with Crippen molar-refractivity contribution in [3.63, 3.8) is 0 Å². The molecule has 0 aliphatic carbocycles. The van der Waals surface area contributed by atoms with Crippen LogP contribution in [-0.4, -0.2) is 22.1 Å². The number of hydrogen-bond acceptors (Lipinski definition) is 4. The highest BCUT2D eigenvalue weighted by molar-refractivity contribution is 9.10. The van der Waals surface area contributed by atoms with Crippen LogP contribution in [0.25, 0.3) is 0 Å². The lowest BCUT2D eigenvalue weighted by Gasteiger charge is -2.04. The molecule has 0 saturated heterocycles. The van der Waals surface area contributed by atoms with E-state index in [4.69, 9.17) is 9.15 Å². The summed E-state index contributed by atoms with van der Waals surface area (Å²) in [5.74, 6) is 0.728. The largest absolute Gasteiger partial charge is 0.486 e. The molecule has 0 unspecified atom stereocenters. The van der Waals surface area contributed by atoms with E-state index in [9.17, 15) is 13.6 Å². The minimum atomic E-state index is -2.52. The van der Waals surface area contributed by atoms with E-state index in [-0.39, 0.29) is 12.4 Å². The fraction of sp³-hybridized carbons (Fsp3) is 0.176. The molecule has 0 radical (unpaired) electrons. The first-order chi connectivity index (χ1) is 12.5. The Hall–Kier alpha value is -2.68. The van der Waals surface area contributed by atoms with Crippen molar-refractivity contribution >= 4 is 27.5 Å². The number of hydrogen-bond donors (Lipinski definition) is 1. The number of nitrogens with one attached hydrogen (secondary N) is 1. The van der Waals surface area contributed by atoms with Crippen LogP contribution in [0.3, 0.4) is 0 Å². The van der Waals surface area contributed by atoms with Gasteiger partial charge in [0.1, 0.15) is 24.7 Å². The molecule has 0 saturated carbocycles. The maximum atomic E-state index is 12.3. The number of aromatic nitrogens is 2. The Balaban J connectivity index is 1.55. The highest BCUT2D eigenvalue weighted by Crippen LogP contribution is 2.18. The molecule has 0 aliphatic rings. The van der Waals surface area contributed by atoms with Gasteiger partial charge in [0.15, 0.2) is 5.76 Å². The van der Waals surface area contributed by atoms with Crippen molar-refractivity contribution in [2.75, 3.05) is 5.32 Å². The summed E-state index contributed by atoms with van der Waals surface area (Å²) in [4.78, 5) is 12.1. The highest BCUT2D eigenvalue weighted by atomic mass is 79.9. The zero-order valence-electron chi connectivity index (χ0n) is 13.4. The molecule has 1 N–H and O–H groups in total. The fourth-order valence-corrected chi connectivity index (χ4v) is 2.39. The van der Waals surface area contributed by atoms with E-state index in [1.807, 2.05) is 12.1 Å². The first-order valence-corrected chi connectivity index (χ1v) is 8.38. The number of ether oxygens (including phenoxy) is 1. The summed E-state index contributed by atoms with van der Waals surface area (Å²) in [7, 11) is 0. The molecule has 2 aromatic heterocycles. The molecule has 9 heteroatoms. The minimum absolute atomic E-state index is 0.0843. The van der Waals surface area contributed by atoms with E-state index >= 15 is 0 Å². The van der Waals surface area contributed by atoms with Crippen molar-refractivity contribution in [3.05, 3.63) is 64.8 Å². The van der Waals surface area contributed by atoms with Crippen molar-refractivity contribution in [1.29, 1.82) is 0 Å². The number of alkyl halides is 2. The normalized spacial score (nSPS) is 10.9. The molecule has 0 bridgehead atoms. The van der Waals surface area contributed by atoms with Gasteiger partial charge in [-0.2, -0.15) is 5.10 Å². The molecule has 0 fully saturated rings. The van der Waals surface area contributed by atoms with Crippen LogP contribution in [0.15, 0.2) is 57.7 Å². The van der Waals surface area contributed by atoms with Crippen LogP contribution in [0.1, 0.15) is 16.3 Å². The molecule has 0 atom stereocenters. The van der Waals surface area contributed by atoms with E-state index in [0.29, 0.717) is 17.2 Å². The summed E-state index contributed by atoms with van der Waals surface area (Å²) in [5.41, 5.74) is 0.305. The average molecular weight is 426 g/mol. The number of carbonyl (C=O) groups excluding carboxylic acids is 1. The number of anilines is 1. The number of nitrogens with zero attached hydrogens (tertiary/aromatic N) is 2. The Morgan fingerprint density at radius 3 is 2.77 bits per heavy atom. The van der Waals surface area contributed by atoms with E-state index in [1.165, 1.54) is 18.5 Å². The zero-order chi connectivity index (χ0) is 18.5. The Kier molecular flexibility index (Phi) is 5.67. The molecule has 3 aromatic rings. The van der Waals surface area contributed by atoms with Gasteiger partial charge in [-0.3, -0.25) is 9.48 Å². The van der Waals surface area contributed by atoms with E-state index in [1.54, 1.807) is 18.2 Å². The minimum Gasteiger partial charge on any atom is -0.486 e. The summed E-state index contributed by atoms with van der Waals surface area (Å²) in [5, 5.41) is 6.28. The Morgan fingerprint density at radius 2 is 2.04 bits per heavy atom. The van der Waals surface area contributed by atoms with Crippen LogP contribution < -0.4 is 10.1 Å². The predicted octanol–water partition coefficient (Wildman–Crippen LogP) is 4.34. The maximum absolute atomic E-state index is 12.3. The molecule has 0 aliphatic heterocycles. The maximum Gasteiger partial charge on any atom is 0.291 e.